The predicted octanol–water partition coefficient (Wildman–Crippen LogP) is 5.26. The summed E-state index contributed by atoms with van der Waals surface area (Å²) in [6, 6.07) is 16.4. The maximum absolute atomic E-state index is 12.7. The number of nitrogens with zero attached hydrogens (tertiary/aromatic N) is 1. The molecule has 3 rings (SSSR count). The molecule has 1 unspecified atom stereocenters. The first kappa shape index (κ1) is 26.1. The van der Waals surface area contributed by atoms with Crippen molar-refractivity contribution in [1.29, 1.82) is 0 Å². The molecule has 0 bridgehead atoms. The summed E-state index contributed by atoms with van der Waals surface area (Å²) < 4.78 is 22.3. The molecule has 1 atom stereocenters. The van der Waals surface area contributed by atoms with Gasteiger partial charge in [-0.1, -0.05) is 27.5 Å². The lowest BCUT2D eigenvalue weighted by Gasteiger charge is -2.13. The van der Waals surface area contributed by atoms with E-state index in [2.05, 4.69) is 26.5 Å². The zero-order chi connectivity index (χ0) is 25.4. The number of halogens is 2. The molecule has 0 saturated carbocycles. The zero-order valence-electron chi connectivity index (χ0n) is 19.1. The summed E-state index contributed by atoms with van der Waals surface area (Å²) in [6.45, 7) is 1.59. The molecule has 1 amide bonds. The lowest BCUT2D eigenvalue weighted by atomic mass is 10.2. The van der Waals surface area contributed by atoms with Crippen molar-refractivity contribution in [3.8, 4) is 23.0 Å². The average Bonchev–Trinajstić information content (AvgIpc) is 2.86. The Morgan fingerprint density at radius 2 is 1.66 bits per heavy atom. The first-order valence-electron chi connectivity index (χ1n) is 10.3. The van der Waals surface area contributed by atoms with E-state index in [1.165, 1.54) is 26.5 Å². The molecule has 3 aromatic rings. The molecule has 3 aromatic carbocycles. The normalized spacial score (nSPS) is 11.6. The van der Waals surface area contributed by atoms with Crippen molar-refractivity contribution in [2.75, 3.05) is 14.2 Å². The fraction of sp³-hybridized carbons (Fsp3) is 0.160. The number of carbonyl (C=O) groups excluding carboxylic acids is 2. The molecule has 0 radical (unpaired) electrons. The van der Waals surface area contributed by atoms with E-state index in [1.807, 2.05) is 0 Å². The Kier molecular flexibility index (Phi) is 9.11. The molecule has 8 nitrogen and oxygen atoms in total. The number of hydrogen-bond donors (Lipinski definition) is 1. The molecule has 0 aromatic heterocycles. The summed E-state index contributed by atoms with van der Waals surface area (Å²) in [5.41, 5.74) is 3.15. The fourth-order valence-corrected chi connectivity index (χ4v) is 3.37. The van der Waals surface area contributed by atoms with Crippen LogP contribution in [0.5, 0.6) is 23.0 Å². The average molecular weight is 562 g/mol. The van der Waals surface area contributed by atoms with Crippen LogP contribution < -0.4 is 24.4 Å². The number of nitrogens with one attached hydrogen (secondary N) is 1. The molecule has 1 N–H and O–H groups in total. The summed E-state index contributed by atoms with van der Waals surface area (Å²) in [5, 5.41) is 4.54. The first-order chi connectivity index (χ1) is 16.8. The Bertz CT molecular complexity index is 1230. The van der Waals surface area contributed by atoms with Gasteiger partial charge < -0.3 is 18.9 Å². The van der Waals surface area contributed by atoms with Gasteiger partial charge in [0.05, 0.1) is 26.0 Å². The maximum atomic E-state index is 12.7. The van der Waals surface area contributed by atoms with Crippen LogP contribution in [0.1, 0.15) is 22.8 Å². The van der Waals surface area contributed by atoms with Gasteiger partial charge in [0.1, 0.15) is 11.5 Å². The number of hydrazone groups is 1. The summed E-state index contributed by atoms with van der Waals surface area (Å²) in [4.78, 5) is 25.1. The second-order valence-corrected chi connectivity index (χ2v) is 8.44. The fourth-order valence-electron chi connectivity index (χ4n) is 2.86. The molecule has 0 fully saturated rings. The minimum atomic E-state index is -0.807. The zero-order valence-corrected chi connectivity index (χ0v) is 21.4. The number of ether oxygens (including phenoxy) is 4. The van der Waals surface area contributed by atoms with Gasteiger partial charge in [-0.25, -0.2) is 10.2 Å². The standard InChI is InChI=1S/C25H22BrClN2O6/c1-15(34-20-8-6-19(27)7-9-20)24(30)29-28-14-17-12-18(26)5-11-21(17)35-25(31)16-4-10-22(32-2)23(13-16)33-3/h4-15H,1-3H3,(H,29,30). The first-order valence-corrected chi connectivity index (χ1v) is 11.5. The second-order valence-electron chi connectivity index (χ2n) is 7.09. The number of benzene rings is 3. The summed E-state index contributed by atoms with van der Waals surface area (Å²) in [6.07, 6.45) is 0.563. The Hall–Kier alpha value is -3.56. The number of hydrogen-bond acceptors (Lipinski definition) is 7. The minimum absolute atomic E-state index is 0.247. The smallest absolute Gasteiger partial charge is 0.343 e. The third kappa shape index (κ3) is 7.21. The van der Waals surface area contributed by atoms with Gasteiger partial charge in [0.2, 0.25) is 0 Å². The molecule has 0 aliphatic heterocycles. The van der Waals surface area contributed by atoms with Crippen LogP contribution in [0.2, 0.25) is 5.02 Å². The van der Waals surface area contributed by atoms with Crippen molar-refractivity contribution < 1.29 is 28.5 Å². The molecular formula is C25H22BrClN2O6. The lowest BCUT2D eigenvalue weighted by molar-refractivity contribution is -0.127. The van der Waals surface area contributed by atoms with Crippen LogP contribution in [0.25, 0.3) is 0 Å². The van der Waals surface area contributed by atoms with Gasteiger partial charge in [0.15, 0.2) is 17.6 Å². The predicted molar refractivity (Wildman–Crippen MR) is 136 cm³/mol. The van der Waals surface area contributed by atoms with Crippen LogP contribution in [0, 0.1) is 0 Å². The van der Waals surface area contributed by atoms with Crippen LogP contribution in [0.15, 0.2) is 70.2 Å². The highest BCUT2D eigenvalue weighted by molar-refractivity contribution is 9.10. The summed E-state index contributed by atoms with van der Waals surface area (Å²) in [7, 11) is 2.98. The quantitative estimate of drug-likeness (QED) is 0.166. The third-order valence-corrected chi connectivity index (χ3v) is 5.41. The Morgan fingerprint density at radius 3 is 2.34 bits per heavy atom. The Labute approximate surface area is 215 Å². The van der Waals surface area contributed by atoms with Crippen molar-refractivity contribution in [2.24, 2.45) is 5.10 Å². The van der Waals surface area contributed by atoms with Crippen molar-refractivity contribution in [3.63, 3.8) is 0 Å². The number of esters is 1. The van der Waals surface area contributed by atoms with E-state index in [9.17, 15) is 9.59 Å². The second kappa shape index (κ2) is 12.2. The molecule has 0 aliphatic rings. The number of rotatable bonds is 9. The molecule has 182 valence electrons. The molecular weight excluding hydrogens is 540 g/mol. The largest absolute Gasteiger partial charge is 0.493 e. The molecule has 35 heavy (non-hydrogen) atoms. The van der Waals surface area contributed by atoms with Gasteiger partial charge in [0, 0.05) is 15.1 Å². The lowest BCUT2D eigenvalue weighted by Crippen LogP contribution is -2.33. The van der Waals surface area contributed by atoms with Crippen LogP contribution >= 0.6 is 27.5 Å². The van der Waals surface area contributed by atoms with E-state index in [-0.39, 0.29) is 11.3 Å². The van der Waals surface area contributed by atoms with Gasteiger partial charge in [-0.3, -0.25) is 4.79 Å². The molecule has 0 aliphatic carbocycles. The van der Waals surface area contributed by atoms with E-state index in [1.54, 1.807) is 61.5 Å². The van der Waals surface area contributed by atoms with Gasteiger partial charge >= 0.3 is 5.97 Å². The molecule has 0 heterocycles. The van der Waals surface area contributed by atoms with Crippen LogP contribution in [-0.4, -0.2) is 38.4 Å². The van der Waals surface area contributed by atoms with Crippen LogP contribution in [0.3, 0.4) is 0 Å². The topological polar surface area (TPSA) is 95.5 Å². The van der Waals surface area contributed by atoms with Crippen molar-refractivity contribution in [3.05, 3.63) is 81.3 Å². The van der Waals surface area contributed by atoms with E-state index in [0.29, 0.717) is 27.8 Å². The van der Waals surface area contributed by atoms with Crippen molar-refractivity contribution in [2.45, 2.75) is 13.0 Å². The van der Waals surface area contributed by atoms with E-state index < -0.39 is 18.0 Å². The summed E-state index contributed by atoms with van der Waals surface area (Å²) >= 11 is 9.23. The number of carbonyl (C=O) groups is 2. The van der Waals surface area contributed by atoms with Crippen LogP contribution in [-0.2, 0) is 4.79 Å². The van der Waals surface area contributed by atoms with Crippen LogP contribution in [0.4, 0.5) is 0 Å². The Morgan fingerprint density at radius 1 is 0.971 bits per heavy atom. The van der Waals surface area contributed by atoms with E-state index in [4.69, 9.17) is 30.5 Å². The van der Waals surface area contributed by atoms with Gasteiger partial charge in [-0.15, -0.1) is 0 Å². The molecule has 0 saturated heterocycles. The maximum Gasteiger partial charge on any atom is 0.343 e. The monoisotopic (exact) mass is 560 g/mol. The molecule has 10 heteroatoms. The number of amides is 1. The van der Waals surface area contributed by atoms with Gasteiger partial charge in [-0.05, 0) is 67.6 Å². The van der Waals surface area contributed by atoms with Gasteiger partial charge in [0.25, 0.3) is 5.91 Å². The minimum Gasteiger partial charge on any atom is -0.493 e. The van der Waals surface area contributed by atoms with Crippen molar-refractivity contribution >= 4 is 45.6 Å². The highest BCUT2D eigenvalue weighted by atomic mass is 79.9. The van der Waals surface area contributed by atoms with E-state index >= 15 is 0 Å². The Balaban J connectivity index is 1.68. The SMILES string of the molecule is COc1ccc(C(=O)Oc2ccc(Br)cc2C=NNC(=O)C(C)Oc2ccc(Cl)cc2)cc1OC. The van der Waals surface area contributed by atoms with Crippen molar-refractivity contribution in [1.82, 2.24) is 5.43 Å². The van der Waals surface area contributed by atoms with Gasteiger partial charge in [-0.2, -0.15) is 5.10 Å². The molecule has 0 spiro atoms. The highest BCUT2D eigenvalue weighted by Crippen LogP contribution is 2.29. The summed E-state index contributed by atoms with van der Waals surface area (Å²) in [5.74, 6) is 0.573. The third-order valence-electron chi connectivity index (χ3n) is 4.67. The highest BCUT2D eigenvalue weighted by Gasteiger charge is 2.16. The van der Waals surface area contributed by atoms with E-state index in [0.717, 1.165) is 4.47 Å². The number of methoxy groups -OCH3 is 2.